The van der Waals surface area contributed by atoms with E-state index in [9.17, 15) is 14.4 Å². The molecule has 0 fully saturated rings. The molecule has 0 bridgehead atoms. The fourth-order valence-electron chi connectivity index (χ4n) is 2.63. The summed E-state index contributed by atoms with van der Waals surface area (Å²) >= 11 is 0. The van der Waals surface area contributed by atoms with E-state index in [-0.39, 0.29) is 18.8 Å². The summed E-state index contributed by atoms with van der Waals surface area (Å²) in [6.07, 6.45) is -0.0287. The second kappa shape index (κ2) is 11.7. The van der Waals surface area contributed by atoms with Crippen LogP contribution < -0.4 is 14.8 Å². The molecule has 0 aromatic heterocycles. The first-order valence-corrected chi connectivity index (χ1v) is 10.4. The molecule has 0 unspecified atom stereocenters. The van der Waals surface area contributed by atoms with Gasteiger partial charge in [0.1, 0.15) is 29.7 Å². The zero-order valence-corrected chi connectivity index (χ0v) is 19.3. The minimum Gasteiger partial charge on any atom is -0.460 e. The van der Waals surface area contributed by atoms with Gasteiger partial charge in [0.25, 0.3) is 0 Å². The molecule has 0 radical (unpaired) electrons. The number of carbonyl (C=O) groups is 3. The lowest BCUT2D eigenvalue weighted by Crippen LogP contribution is -2.45. The molecule has 2 rings (SSSR count). The number of esters is 1. The Hall–Kier alpha value is -3.81. The monoisotopic (exact) mass is 455 g/mol. The molecule has 0 heterocycles. The van der Waals surface area contributed by atoms with E-state index >= 15 is 0 Å². The van der Waals surface area contributed by atoms with Crippen molar-refractivity contribution >= 4 is 18.2 Å². The molecule has 33 heavy (non-hydrogen) atoms. The van der Waals surface area contributed by atoms with Gasteiger partial charge >= 0.3 is 18.2 Å². The van der Waals surface area contributed by atoms with Crippen LogP contribution in [0.15, 0.2) is 61.2 Å². The number of amides is 1. The summed E-state index contributed by atoms with van der Waals surface area (Å²) in [6, 6.07) is 12.5. The summed E-state index contributed by atoms with van der Waals surface area (Å²) in [6.45, 7) is 10.6. The van der Waals surface area contributed by atoms with Gasteiger partial charge < -0.3 is 24.3 Å². The highest BCUT2D eigenvalue weighted by Crippen LogP contribution is 2.17. The van der Waals surface area contributed by atoms with Gasteiger partial charge in [0.15, 0.2) is 0 Å². The maximum Gasteiger partial charge on any atom is 0.519 e. The predicted molar refractivity (Wildman–Crippen MR) is 122 cm³/mol. The number of hydrogen-bond donors (Lipinski definition) is 1. The van der Waals surface area contributed by atoms with Gasteiger partial charge in [0, 0.05) is 6.42 Å². The lowest BCUT2D eigenvalue weighted by Gasteiger charge is -2.23. The largest absolute Gasteiger partial charge is 0.519 e. The lowest BCUT2D eigenvalue weighted by atomic mass is 10.1. The predicted octanol–water partition coefficient (Wildman–Crippen LogP) is 4.74. The Kier molecular flexibility index (Phi) is 9.03. The van der Waals surface area contributed by atoms with Crippen molar-refractivity contribution in [2.24, 2.45) is 0 Å². The van der Waals surface area contributed by atoms with Crippen LogP contribution in [0.2, 0.25) is 0 Å². The molecular formula is C25H29NO7. The average molecular weight is 456 g/mol. The second-order valence-corrected chi connectivity index (χ2v) is 8.23. The van der Waals surface area contributed by atoms with Gasteiger partial charge in [-0.15, -0.1) is 0 Å². The van der Waals surface area contributed by atoms with Gasteiger partial charge in [-0.2, -0.15) is 0 Å². The summed E-state index contributed by atoms with van der Waals surface area (Å²) in [5.41, 5.74) is 1.02. The molecule has 0 spiro atoms. The normalized spacial score (nSPS) is 11.6. The molecule has 0 aliphatic rings. The zero-order chi connectivity index (χ0) is 24.4. The van der Waals surface area contributed by atoms with Crippen LogP contribution in [0.4, 0.5) is 9.59 Å². The van der Waals surface area contributed by atoms with E-state index in [2.05, 4.69) is 11.9 Å². The van der Waals surface area contributed by atoms with Gasteiger partial charge in [0.2, 0.25) is 0 Å². The van der Waals surface area contributed by atoms with Crippen LogP contribution in [0.5, 0.6) is 11.5 Å². The van der Waals surface area contributed by atoms with E-state index in [0.717, 1.165) is 5.56 Å². The van der Waals surface area contributed by atoms with E-state index in [4.69, 9.17) is 18.9 Å². The summed E-state index contributed by atoms with van der Waals surface area (Å²) in [7, 11) is 0. The van der Waals surface area contributed by atoms with Gasteiger partial charge in [0.05, 0.1) is 0 Å². The maximum atomic E-state index is 12.4. The smallest absolute Gasteiger partial charge is 0.460 e. The fourth-order valence-corrected chi connectivity index (χ4v) is 2.63. The minimum absolute atomic E-state index is 0.0151. The number of benzene rings is 2. The minimum atomic E-state index is -0.974. The van der Waals surface area contributed by atoms with Crippen molar-refractivity contribution in [3.63, 3.8) is 0 Å². The Balaban J connectivity index is 2.00. The number of aryl methyl sites for hydroxylation is 1. The van der Waals surface area contributed by atoms with Gasteiger partial charge in [-0.3, -0.25) is 0 Å². The number of alkyl carbamates (subject to hydrolysis) is 1. The van der Waals surface area contributed by atoms with E-state index < -0.39 is 29.9 Å². The molecule has 1 N–H and O–H groups in total. The first-order chi connectivity index (χ1) is 15.6. The third-order valence-electron chi connectivity index (χ3n) is 4.11. The van der Waals surface area contributed by atoms with E-state index in [1.54, 1.807) is 57.2 Å². The molecule has 0 aliphatic carbocycles. The topological polar surface area (TPSA) is 100 Å². The highest BCUT2D eigenvalue weighted by molar-refractivity contribution is 5.81. The quantitative estimate of drug-likeness (QED) is 0.349. The lowest BCUT2D eigenvalue weighted by molar-refractivity contribution is -0.144. The van der Waals surface area contributed by atoms with Gasteiger partial charge in [-0.05, 0) is 57.5 Å². The van der Waals surface area contributed by atoms with Crippen molar-refractivity contribution in [3.05, 3.63) is 72.3 Å². The molecule has 0 aliphatic heterocycles. The Labute approximate surface area is 193 Å². The van der Waals surface area contributed by atoms with Crippen LogP contribution in [0, 0.1) is 6.92 Å². The zero-order valence-electron chi connectivity index (χ0n) is 19.3. The van der Waals surface area contributed by atoms with E-state index in [1.807, 2.05) is 19.1 Å². The van der Waals surface area contributed by atoms with E-state index in [1.165, 1.54) is 6.08 Å². The van der Waals surface area contributed by atoms with Crippen LogP contribution in [0.25, 0.3) is 0 Å². The SMILES string of the molecule is C=CCOC(=O)[C@H](Cc1ccc(OC(=O)Oc2ccc(C)cc2)cc1)NC(=O)OC(C)(C)C. The Bertz CT molecular complexity index is 960. The number of rotatable bonds is 8. The van der Waals surface area contributed by atoms with Crippen LogP contribution in [-0.4, -0.2) is 36.5 Å². The Morgan fingerprint density at radius 3 is 2.03 bits per heavy atom. The van der Waals surface area contributed by atoms with E-state index in [0.29, 0.717) is 11.3 Å². The summed E-state index contributed by atoms with van der Waals surface area (Å²) in [5.74, 6) is 0.0147. The summed E-state index contributed by atoms with van der Waals surface area (Å²) in [4.78, 5) is 36.5. The molecule has 1 amide bonds. The average Bonchev–Trinajstić information content (AvgIpc) is 2.73. The third-order valence-corrected chi connectivity index (χ3v) is 4.11. The first-order valence-electron chi connectivity index (χ1n) is 10.4. The highest BCUT2D eigenvalue weighted by Gasteiger charge is 2.26. The molecule has 8 heteroatoms. The Morgan fingerprint density at radius 2 is 1.52 bits per heavy atom. The van der Waals surface area contributed by atoms with Crippen molar-refractivity contribution in [1.82, 2.24) is 5.32 Å². The molecule has 0 saturated heterocycles. The summed E-state index contributed by atoms with van der Waals surface area (Å²) < 4.78 is 20.6. The van der Waals surface area contributed by atoms with Crippen LogP contribution in [0.3, 0.4) is 0 Å². The molecule has 8 nitrogen and oxygen atoms in total. The molecular weight excluding hydrogens is 426 g/mol. The van der Waals surface area contributed by atoms with Crippen molar-refractivity contribution in [3.8, 4) is 11.5 Å². The number of hydrogen-bond acceptors (Lipinski definition) is 7. The Morgan fingerprint density at radius 1 is 0.970 bits per heavy atom. The van der Waals surface area contributed by atoms with Crippen LogP contribution in [-0.2, 0) is 20.7 Å². The first kappa shape index (κ1) is 25.5. The molecule has 2 aromatic rings. The van der Waals surface area contributed by atoms with Crippen LogP contribution >= 0.6 is 0 Å². The van der Waals surface area contributed by atoms with Crippen molar-refractivity contribution in [2.75, 3.05) is 6.61 Å². The second-order valence-electron chi connectivity index (χ2n) is 8.23. The number of carbonyl (C=O) groups excluding carboxylic acids is 3. The van der Waals surface area contributed by atoms with Crippen molar-refractivity contribution in [2.45, 2.75) is 45.8 Å². The van der Waals surface area contributed by atoms with Crippen LogP contribution in [0.1, 0.15) is 31.9 Å². The molecule has 0 saturated carbocycles. The fraction of sp³-hybridized carbons (Fsp3) is 0.320. The highest BCUT2D eigenvalue weighted by atomic mass is 16.7. The molecule has 1 atom stereocenters. The van der Waals surface area contributed by atoms with Gasteiger partial charge in [-0.1, -0.05) is 42.5 Å². The van der Waals surface area contributed by atoms with Crippen molar-refractivity contribution in [1.29, 1.82) is 0 Å². The number of nitrogens with one attached hydrogen (secondary N) is 1. The third kappa shape index (κ3) is 9.47. The molecule has 176 valence electrons. The number of ether oxygens (including phenoxy) is 4. The molecule has 2 aromatic carbocycles. The maximum absolute atomic E-state index is 12.4. The van der Waals surface area contributed by atoms with Gasteiger partial charge in [-0.25, -0.2) is 14.4 Å². The van der Waals surface area contributed by atoms with Crippen molar-refractivity contribution < 1.29 is 33.3 Å². The summed E-state index contributed by atoms with van der Waals surface area (Å²) in [5, 5.41) is 2.53. The standard InChI is InChI=1S/C25H29NO7/c1-6-15-30-22(27)21(26-23(28)33-25(3,4)5)16-18-9-13-20(14-10-18)32-24(29)31-19-11-7-17(2)8-12-19/h6-14,21H,1,15-16H2,2-5H3,(H,26,28)/t21-/m0/s1.